The van der Waals surface area contributed by atoms with E-state index in [1.165, 1.54) is 0 Å². The fourth-order valence-corrected chi connectivity index (χ4v) is 2.14. The summed E-state index contributed by atoms with van der Waals surface area (Å²) in [7, 11) is 0. The minimum absolute atomic E-state index is 0.147. The third-order valence-electron chi connectivity index (χ3n) is 2.06. The molecule has 1 aromatic rings. The van der Waals surface area contributed by atoms with Crippen LogP contribution >= 0.6 is 11.3 Å². The summed E-state index contributed by atoms with van der Waals surface area (Å²) in [5.41, 5.74) is 5.24. The largest absolute Gasteiger partial charge is 0.481 e. The van der Waals surface area contributed by atoms with Gasteiger partial charge in [0.25, 0.3) is 5.91 Å². The second-order valence-corrected chi connectivity index (χ2v) is 5.41. The van der Waals surface area contributed by atoms with Crippen LogP contribution in [0.15, 0.2) is 0 Å². The van der Waals surface area contributed by atoms with Gasteiger partial charge in [0.15, 0.2) is 5.13 Å². The summed E-state index contributed by atoms with van der Waals surface area (Å²) < 4.78 is 0. The lowest BCUT2D eigenvalue weighted by Crippen LogP contribution is -2.44. The van der Waals surface area contributed by atoms with Crippen LogP contribution in [-0.4, -0.2) is 27.5 Å². The maximum Gasteiger partial charge on any atom is 0.305 e. The highest BCUT2D eigenvalue weighted by atomic mass is 32.1. The van der Waals surface area contributed by atoms with Gasteiger partial charge in [-0.2, -0.15) is 0 Å². The van der Waals surface area contributed by atoms with E-state index in [0.29, 0.717) is 15.7 Å². The molecule has 1 aromatic heterocycles. The molecule has 7 heteroatoms. The first-order valence-corrected chi connectivity index (χ1v) is 5.80. The van der Waals surface area contributed by atoms with Crippen molar-refractivity contribution >= 4 is 28.3 Å². The predicted molar refractivity (Wildman–Crippen MR) is 65.1 cm³/mol. The quantitative estimate of drug-likeness (QED) is 0.746. The number of aromatic nitrogens is 1. The van der Waals surface area contributed by atoms with Crippen LogP contribution in [0.5, 0.6) is 0 Å². The Morgan fingerprint density at radius 3 is 2.53 bits per heavy atom. The molecule has 0 radical (unpaired) electrons. The Bertz CT molecular complexity index is 454. The molecule has 0 spiro atoms. The third-order valence-corrected chi connectivity index (χ3v) is 3.05. The zero-order valence-electron chi connectivity index (χ0n) is 9.90. The van der Waals surface area contributed by atoms with Gasteiger partial charge in [0, 0.05) is 5.54 Å². The van der Waals surface area contributed by atoms with Crippen molar-refractivity contribution in [3.63, 3.8) is 0 Å². The van der Waals surface area contributed by atoms with Crippen molar-refractivity contribution in [2.24, 2.45) is 0 Å². The van der Waals surface area contributed by atoms with E-state index in [1.54, 1.807) is 20.8 Å². The molecule has 0 aliphatic carbocycles. The number of rotatable bonds is 4. The van der Waals surface area contributed by atoms with E-state index in [4.69, 9.17) is 10.8 Å². The Balaban J connectivity index is 2.79. The molecular formula is C10H15N3O3S. The normalized spacial score (nSPS) is 11.2. The lowest BCUT2D eigenvalue weighted by atomic mass is 10.0. The van der Waals surface area contributed by atoms with Gasteiger partial charge in [-0.3, -0.25) is 9.59 Å². The molecule has 0 fully saturated rings. The van der Waals surface area contributed by atoms with Gasteiger partial charge in [0.05, 0.1) is 12.1 Å². The number of thiazole rings is 1. The van der Waals surface area contributed by atoms with Crippen LogP contribution in [0.3, 0.4) is 0 Å². The van der Waals surface area contributed by atoms with Gasteiger partial charge in [-0.1, -0.05) is 11.3 Å². The van der Waals surface area contributed by atoms with Gasteiger partial charge in [0.2, 0.25) is 0 Å². The van der Waals surface area contributed by atoms with Crippen molar-refractivity contribution < 1.29 is 14.7 Å². The lowest BCUT2D eigenvalue weighted by molar-refractivity contribution is -0.138. The molecule has 0 unspecified atom stereocenters. The number of aryl methyl sites for hydroxylation is 1. The highest BCUT2D eigenvalue weighted by Gasteiger charge is 2.26. The number of hydrogen-bond acceptors (Lipinski definition) is 5. The van der Waals surface area contributed by atoms with E-state index in [-0.39, 0.29) is 12.3 Å². The second-order valence-electron chi connectivity index (χ2n) is 4.38. The molecule has 6 nitrogen and oxygen atoms in total. The topological polar surface area (TPSA) is 105 Å². The maximum absolute atomic E-state index is 11.9. The average molecular weight is 257 g/mol. The van der Waals surface area contributed by atoms with Crippen LogP contribution in [-0.2, 0) is 4.79 Å². The third kappa shape index (κ3) is 3.70. The summed E-state index contributed by atoms with van der Waals surface area (Å²) in [4.78, 5) is 26.9. The number of nitrogen functional groups attached to an aromatic ring is 1. The maximum atomic E-state index is 11.9. The molecule has 17 heavy (non-hydrogen) atoms. The van der Waals surface area contributed by atoms with Crippen molar-refractivity contribution in [3.8, 4) is 0 Å². The van der Waals surface area contributed by atoms with Crippen LogP contribution in [0, 0.1) is 6.92 Å². The Labute approximate surface area is 103 Å². The highest BCUT2D eigenvalue weighted by Crippen LogP contribution is 2.20. The number of carboxylic acid groups (broad SMARTS) is 1. The van der Waals surface area contributed by atoms with E-state index < -0.39 is 11.5 Å². The van der Waals surface area contributed by atoms with Gasteiger partial charge in [-0.05, 0) is 20.8 Å². The summed E-state index contributed by atoms with van der Waals surface area (Å²) in [6, 6.07) is 0. The standard InChI is InChI=1S/C10H15N3O3S/c1-5-7(17-9(11)12-5)8(16)13-10(2,3)4-6(14)15/h4H2,1-3H3,(H2,11,12)(H,13,16)(H,14,15). The van der Waals surface area contributed by atoms with Crippen molar-refractivity contribution in [1.29, 1.82) is 0 Å². The molecule has 1 rings (SSSR count). The molecule has 0 aromatic carbocycles. The molecule has 0 aliphatic rings. The Morgan fingerprint density at radius 2 is 2.12 bits per heavy atom. The molecular weight excluding hydrogens is 242 g/mol. The number of nitrogens with two attached hydrogens (primary N) is 1. The Hall–Kier alpha value is -1.63. The summed E-state index contributed by atoms with van der Waals surface area (Å²) in [5, 5.41) is 11.7. The molecule has 0 atom stereocenters. The number of carbonyl (C=O) groups excluding carboxylic acids is 1. The fourth-order valence-electron chi connectivity index (χ4n) is 1.41. The summed E-state index contributed by atoms with van der Waals surface area (Å²) in [6.07, 6.45) is -0.147. The first kappa shape index (κ1) is 13.4. The monoisotopic (exact) mass is 257 g/mol. The molecule has 94 valence electrons. The number of hydrogen-bond donors (Lipinski definition) is 3. The van der Waals surface area contributed by atoms with Gasteiger partial charge >= 0.3 is 5.97 Å². The highest BCUT2D eigenvalue weighted by molar-refractivity contribution is 7.17. The molecule has 0 bridgehead atoms. The van der Waals surface area contributed by atoms with Crippen LogP contribution < -0.4 is 11.1 Å². The second kappa shape index (κ2) is 4.70. The number of nitrogens with one attached hydrogen (secondary N) is 1. The molecule has 0 aliphatic heterocycles. The minimum Gasteiger partial charge on any atom is -0.481 e. The van der Waals surface area contributed by atoms with Gasteiger partial charge in [0.1, 0.15) is 4.88 Å². The van der Waals surface area contributed by atoms with Crippen molar-refractivity contribution in [3.05, 3.63) is 10.6 Å². The first-order chi connectivity index (χ1) is 7.71. The van der Waals surface area contributed by atoms with E-state index in [1.807, 2.05) is 0 Å². The zero-order valence-corrected chi connectivity index (χ0v) is 10.7. The van der Waals surface area contributed by atoms with E-state index in [2.05, 4.69) is 10.3 Å². The van der Waals surface area contributed by atoms with Crippen LogP contribution in [0.25, 0.3) is 0 Å². The van der Waals surface area contributed by atoms with Crippen LogP contribution in [0.1, 0.15) is 35.6 Å². The van der Waals surface area contributed by atoms with Crippen molar-refractivity contribution in [2.45, 2.75) is 32.7 Å². The number of anilines is 1. The zero-order chi connectivity index (χ0) is 13.2. The smallest absolute Gasteiger partial charge is 0.305 e. The first-order valence-electron chi connectivity index (χ1n) is 4.98. The van der Waals surface area contributed by atoms with Gasteiger partial charge in [-0.25, -0.2) is 4.98 Å². The molecule has 0 saturated carbocycles. The molecule has 4 N–H and O–H groups in total. The van der Waals surface area contributed by atoms with Crippen LogP contribution in [0.2, 0.25) is 0 Å². The number of nitrogens with zero attached hydrogens (tertiary/aromatic N) is 1. The molecule has 0 saturated heterocycles. The van der Waals surface area contributed by atoms with Gasteiger partial charge < -0.3 is 16.2 Å². The summed E-state index contributed by atoms with van der Waals surface area (Å²) >= 11 is 1.09. The Kier molecular flexibility index (Phi) is 3.72. The van der Waals surface area contributed by atoms with E-state index in [0.717, 1.165) is 11.3 Å². The SMILES string of the molecule is Cc1nc(N)sc1C(=O)NC(C)(C)CC(=O)O. The van der Waals surface area contributed by atoms with Gasteiger partial charge in [-0.15, -0.1) is 0 Å². The van der Waals surface area contributed by atoms with Crippen molar-refractivity contribution in [2.75, 3.05) is 5.73 Å². The lowest BCUT2D eigenvalue weighted by Gasteiger charge is -2.23. The van der Waals surface area contributed by atoms with Crippen LogP contribution in [0.4, 0.5) is 5.13 Å². The predicted octanol–water partition coefficient (Wildman–Crippen LogP) is 1.02. The number of carbonyl (C=O) groups is 2. The summed E-state index contributed by atoms with van der Waals surface area (Å²) in [5.74, 6) is -1.31. The Morgan fingerprint density at radius 1 is 1.53 bits per heavy atom. The minimum atomic E-state index is -0.962. The molecule has 1 heterocycles. The average Bonchev–Trinajstić information content (AvgIpc) is 2.41. The molecule has 1 amide bonds. The fraction of sp³-hybridized carbons (Fsp3) is 0.500. The number of amides is 1. The van der Waals surface area contributed by atoms with Crippen molar-refractivity contribution in [1.82, 2.24) is 10.3 Å². The van der Waals surface area contributed by atoms with E-state index >= 15 is 0 Å². The number of aliphatic carboxylic acids is 1. The number of carboxylic acids is 1. The summed E-state index contributed by atoms with van der Waals surface area (Å²) in [6.45, 7) is 4.99. The van der Waals surface area contributed by atoms with E-state index in [9.17, 15) is 9.59 Å².